The first-order valence-electron chi connectivity index (χ1n) is 12.8. The molecular weight excluding hydrogens is 540 g/mol. The van der Waals surface area contributed by atoms with E-state index in [1.165, 1.54) is 23.1 Å². The third kappa shape index (κ3) is 9.51. The SMILES string of the molecule is CCOC(=O)ON1CCN(C(=O)[C@H](CCC(=O)O)NC(=O)c2cc(NC(=O)COC)nc(-c3ccccc3)n2)CC1. The van der Waals surface area contributed by atoms with Gasteiger partial charge in [-0.25, -0.2) is 14.8 Å². The van der Waals surface area contributed by atoms with Gasteiger partial charge >= 0.3 is 12.1 Å². The highest BCUT2D eigenvalue weighted by atomic mass is 16.8. The summed E-state index contributed by atoms with van der Waals surface area (Å²) in [4.78, 5) is 76.8. The molecule has 1 atom stereocenters. The topological polar surface area (TPSA) is 190 Å². The van der Waals surface area contributed by atoms with Gasteiger partial charge in [0.1, 0.15) is 24.2 Å². The second-order valence-corrected chi connectivity index (χ2v) is 8.80. The third-order valence-corrected chi connectivity index (χ3v) is 5.80. The lowest BCUT2D eigenvalue weighted by Crippen LogP contribution is -2.55. The number of carboxylic acids is 1. The monoisotopic (exact) mass is 572 g/mol. The maximum absolute atomic E-state index is 13.3. The molecule has 1 aliphatic rings. The van der Waals surface area contributed by atoms with Gasteiger partial charge in [0, 0.05) is 38.2 Å². The minimum absolute atomic E-state index is 0.0391. The van der Waals surface area contributed by atoms with Crippen molar-refractivity contribution in [3.05, 3.63) is 42.1 Å². The summed E-state index contributed by atoms with van der Waals surface area (Å²) >= 11 is 0. The van der Waals surface area contributed by atoms with Crippen LogP contribution in [0, 0.1) is 0 Å². The Kier molecular flexibility index (Phi) is 11.5. The van der Waals surface area contributed by atoms with E-state index >= 15 is 0 Å². The second-order valence-electron chi connectivity index (χ2n) is 8.80. The average Bonchev–Trinajstić information content (AvgIpc) is 2.95. The normalized spacial score (nSPS) is 14.0. The minimum Gasteiger partial charge on any atom is -0.481 e. The van der Waals surface area contributed by atoms with Crippen LogP contribution in [0.5, 0.6) is 0 Å². The van der Waals surface area contributed by atoms with E-state index < -0.39 is 35.9 Å². The molecule has 1 aromatic heterocycles. The number of hydrogen-bond acceptors (Lipinski definition) is 11. The number of hydroxylamine groups is 2. The van der Waals surface area contributed by atoms with Crippen molar-refractivity contribution in [3.8, 4) is 11.4 Å². The van der Waals surface area contributed by atoms with Gasteiger partial charge in [-0.3, -0.25) is 19.2 Å². The van der Waals surface area contributed by atoms with Crippen LogP contribution in [0.2, 0.25) is 0 Å². The summed E-state index contributed by atoms with van der Waals surface area (Å²) < 4.78 is 9.58. The number of nitrogens with one attached hydrogen (secondary N) is 2. The quantitative estimate of drug-likeness (QED) is 0.306. The van der Waals surface area contributed by atoms with E-state index in [9.17, 15) is 29.1 Å². The number of nitrogens with zero attached hydrogens (tertiary/aromatic N) is 4. The molecule has 0 spiro atoms. The summed E-state index contributed by atoms with van der Waals surface area (Å²) in [5, 5.41) is 15.7. The van der Waals surface area contributed by atoms with Gasteiger partial charge in [0.15, 0.2) is 5.82 Å². The molecule has 0 aliphatic carbocycles. The lowest BCUT2D eigenvalue weighted by molar-refractivity contribution is -0.157. The molecule has 1 saturated heterocycles. The van der Waals surface area contributed by atoms with Crippen molar-refractivity contribution in [2.75, 3.05) is 51.8 Å². The molecule has 1 aromatic carbocycles. The highest BCUT2D eigenvalue weighted by molar-refractivity contribution is 5.98. The number of piperazine rings is 1. The van der Waals surface area contributed by atoms with Crippen LogP contribution in [0.15, 0.2) is 36.4 Å². The molecule has 3 N–H and O–H groups in total. The predicted octanol–water partition coefficient (Wildman–Crippen LogP) is 0.924. The van der Waals surface area contributed by atoms with Gasteiger partial charge in [-0.05, 0) is 13.3 Å². The lowest BCUT2D eigenvalue weighted by atomic mass is 10.1. The molecule has 3 amide bonds. The van der Waals surface area contributed by atoms with E-state index in [0.29, 0.717) is 5.56 Å². The van der Waals surface area contributed by atoms with E-state index in [-0.39, 0.29) is 69.6 Å². The van der Waals surface area contributed by atoms with Crippen LogP contribution in [-0.2, 0) is 28.7 Å². The largest absolute Gasteiger partial charge is 0.527 e. The second kappa shape index (κ2) is 15.2. The first-order chi connectivity index (χ1) is 19.7. The molecule has 1 fully saturated rings. The Hall–Kier alpha value is -4.63. The highest BCUT2D eigenvalue weighted by Crippen LogP contribution is 2.18. The van der Waals surface area contributed by atoms with Gasteiger partial charge < -0.3 is 35.0 Å². The Labute approximate surface area is 235 Å². The van der Waals surface area contributed by atoms with Crippen LogP contribution in [0.25, 0.3) is 11.4 Å². The molecule has 0 radical (unpaired) electrons. The van der Waals surface area contributed by atoms with E-state index in [4.69, 9.17) is 14.3 Å². The maximum Gasteiger partial charge on any atom is 0.527 e. The summed E-state index contributed by atoms with van der Waals surface area (Å²) in [5.74, 6) is -2.71. The zero-order valence-corrected chi connectivity index (χ0v) is 22.7. The third-order valence-electron chi connectivity index (χ3n) is 5.80. The number of carbonyl (C=O) groups is 5. The molecule has 3 rings (SSSR count). The molecule has 15 heteroatoms. The van der Waals surface area contributed by atoms with Crippen molar-refractivity contribution in [3.63, 3.8) is 0 Å². The molecule has 0 saturated carbocycles. The standard InChI is InChI=1S/C26H32N6O9/c1-3-40-26(38)41-32-13-11-31(12-14-32)25(37)18(9-10-22(34)35)28-24(36)19-15-20(29-21(33)16-39-2)30-23(27-19)17-7-5-4-6-8-17/h4-8,15,18H,3,9-14,16H2,1-2H3,(H,28,36)(H,34,35)(H,27,29,30,33)/t18-/m0/s1. The summed E-state index contributed by atoms with van der Waals surface area (Å²) in [5.41, 5.74) is 0.429. The van der Waals surface area contributed by atoms with Crippen LogP contribution in [0.1, 0.15) is 30.3 Å². The first-order valence-corrected chi connectivity index (χ1v) is 12.8. The maximum atomic E-state index is 13.3. The van der Waals surface area contributed by atoms with Gasteiger partial charge in [-0.15, -0.1) is 5.06 Å². The van der Waals surface area contributed by atoms with Crippen LogP contribution in [0.3, 0.4) is 0 Å². The number of aliphatic carboxylic acids is 1. The number of carboxylic acid groups (broad SMARTS) is 1. The molecule has 2 heterocycles. The number of hydrogen-bond donors (Lipinski definition) is 3. The van der Waals surface area contributed by atoms with E-state index in [1.807, 2.05) is 0 Å². The Morgan fingerprint density at radius 2 is 1.76 bits per heavy atom. The lowest BCUT2D eigenvalue weighted by Gasteiger charge is -2.35. The fraction of sp³-hybridized carbons (Fsp3) is 0.423. The summed E-state index contributed by atoms with van der Waals surface area (Å²) in [6.45, 7) is 2.28. The molecular formula is C26H32N6O9. The number of amides is 3. The molecule has 41 heavy (non-hydrogen) atoms. The van der Waals surface area contributed by atoms with Crippen molar-refractivity contribution in [2.45, 2.75) is 25.8 Å². The van der Waals surface area contributed by atoms with Gasteiger partial charge in [-0.1, -0.05) is 30.3 Å². The van der Waals surface area contributed by atoms with Crippen LogP contribution >= 0.6 is 0 Å². The van der Waals surface area contributed by atoms with Gasteiger partial charge in [0.25, 0.3) is 11.8 Å². The fourth-order valence-electron chi connectivity index (χ4n) is 3.88. The summed E-state index contributed by atoms with van der Waals surface area (Å²) in [7, 11) is 1.36. The number of benzene rings is 1. The molecule has 0 bridgehead atoms. The number of aromatic nitrogens is 2. The van der Waals surface area contributed by atoms with Crippen molar-refractivity contribution in [2.24, 2.45) is 0 Å². The first kappa shape index (κ1) is 30.9. The zero-order chi connectivity index (χ0) is 29.8. The van der Waals surface area contributed by atoms with E-state index in [1.54, 1.807) is 37.3 Å². The number of rotatable bonds is 12. The number of anilines is 1. The predicted molar refractivity (Wildman–Crippen MR) is 142 cm³/mol. The molecule has 220 valence electrons. The summed E-state index contributed by atoms with van der Waals surface area (Å²) in [6.07, 6.45) is -1.40. The number of carbonyl (C=O) groups excluding carboxylic acids is 4. The highest BCUT2D eigenvalue weighted by Gasteiger charge is 2.31. The Balaban J connectivity index is 1.78. The molecule has 1 aliphatic heterocycles. The van der Waals surface area contributed by atoms with Crippen LogP contribution < -0.4 is 10.6 Å². The molecule has 0 unspecified atom stereocenters. The average molecular weight is 573 g/mol. The summed E-state index contributed by atoms with van der Waals surface area (Å²) in [6, 6.07) is 8.82. The number of ether oxygens (including phenoxy) is 2. The Bertz CT molecular complexity index is 1240. The van der Waals surface area contributed by atoms with Gasteiger partial charge in [0.2, 0.25) is 5.91 Å². The number of methoxy groups -OCH3 is 1. The van der Waals surface area contributed by atoms with Crippen molar-refractivity contribution >= 4 is 35.7 Å². The Morgan fingerprint density at radius 1 is 1.05 bits per heavy atom. The van der Waals surface area contributed by atoms with E-state index in [0.717, 1.165) is 0 Å². The van der Waals surface area contributed by atoms with Gasteiger partial charge in [0.05, 0.1) is 19.7 Å². The van der Waals surface area contributed by atoms with Crippen molar-refractivity contribution in [1.29, 1.82) is 0 Å². The zero-order valence-electron chi connectivity index (χ0n) is 22.7. The van der Waals surface area contributed by atoms with Crippen molar-refractivity contribution < 1.29 is 43.4 Å². The Morgan fingerprint density at radius 3 is 2.39 bits per heavy atom. The van der Waals surface area contributed by atoms with Gasteiger partial charge in [-0.2, -0.15) is 0 Å². The molecule has 15 nitrogen and oxygen atoms in total. The smallest absolute Gasteiger partial charge is 0.481 e. The van der Waals surface area contributed by atoms with E-state index in [2.05, 4.69) is 20.6 Å². The van der Waals surface area contributed by atoms with Crippen LogP contribution in [0.4, 0.5) is 10.6 Å². The molecule has 2 aromatic rings. The van der Waals surface area contributed by atoms with Crippen molar-refractivity contribution in [1.82, 2.24) is 25.2 Å². The minimum atomic E-state index is -1.18. The van der Waals surface area contributed by atoms with Crippen LogP contribution in [-0.4, -0.2) is 107 Å². The fourth-order valence-corrected chi connectivity index (χ4v) is 3.88.